The van der Waals surface area contributed by atoms with Gasteiger partial charge >= 0.3 is 0 Å². The van der Waals surface area contributed by atoms with Crippen LogP contribution in [0.25, 0.3) is 0 Å². The molecule has 0 aliphatic heterocycles. The van der Waals surface area contributed by atoms with Crippen LogP contribution in [0.3, 0.4) is 0 Å². The molecular formula is C18H20FNO4. The smallest absolute Gasteiger partial charge is 0.251 e. The van der Waals surface area contributed by atoms with Crippen LogP contribution in [-0.4, -0.2) is 33.8 Å². The van der Waals surface area contributed by atoms with E-state index in [1.54, 1.807) is 14.2 Å². The molecule has 0 saturated heterocycles. The molecule has 0 radical (unpaired) electrons. The predicted molar refractivity (Wildman–Crippen MR) is 88.0 cm³/mol. The lowest BCUT2D eigenvalue weighted by molar-refractivity contribution is 0.0819. The van der Waals surface area contributed by atoms with E-state index in [1.165, 1.54) is 19.2 Å². The molecule has 2 rings (SSSR count). The van der Waals surface area contributed by atoms with Gasteiger partial charge in [-0.1, -0.05) is 18.2 Å². The highest BCUT2D eigenvalue weighted by molar-refractivity contribution is 5.94. The molecule has 0 aromatic heterocycles. The van der Waals surface area contributed by atoms with Gasteiger partial charge in [0, 0.05) is 24.8 Å². The van der Waals surface area contributed by atoms with Gasteiger partial charge in [0.2, 0.25) is 0 Å². The molecule has 0 heterocycles. The molecule has 1 atom stereocenters. The summed E-state index contributed by atoms with van der Waals surface area (Å²) in [7, 11) is 4.50. The highest BCUT2D eigenvalue weighted by atomic mass is 19.1. The summed E-state index contributed by atoms with van der Waals surface area (Å²) in [4.78, 5) is 12.2. The van der Waals surface area contributed by atoms with E-state index in [-0.39, 0.29) is 24.0 Å². The molecule has 0 fully saturated rings. The van der Waals surface area contributed by atoms with Gasteiger partial charge in [0.25, 0.3) is 5.91 Å². The Bertz CT molecular complexity index is 705. The second-order valence-electron chi connectivity index (χ2n) is 5.03. The zero-order valence-electron chi connectivity index (χ0n) is 13.8. The van der Waals surface area contributed by atoms with E-state index in [2.05, 4.69) is 5.32 Å². The maximum atomic E-state index is 13.7. The molecule has 0 aliphatic carbocycles. The van der Waals surface area contributed by atoms with Crippen molar-refractivity contribution in [3.63, 3.8) is 0 Å². The van der Waals surface area contributed by atoms with Crippen LogP contribution in [0.2, 0.25) is 0 Å². The number of rotatable bonds is 7. The zero-order valence-corrected chi connectivity index (χ0v) is 13.8. The number of ether oxygens (including phenoxy) is 3. The van der Waals surface area contributed by atoms with Crippen molar-refractivity contribution >= 4 is 5.91 Å². The number of benzene rings is 2. The number of methoxy groups -OCH3 is 3. The molecule has 5 nitrogen and oxygen atoms in total. The second kappa shape index (κ2) is 8.31. The first-order valence-electron chi connectivity index (χ1n) is 7.38. The summed E-state index contributed by atoms with van der Waals surface area (Å²) in [5.41, 5.74) is 1.03. The maximum absolute atomic E-state index is 13.7. The van der Waals surface area contributed by atoms with E-state index in [9.17, 15) is 9.18 Å². The van der Waals surface area contributed by atoms with Crippen molar-refractivity contribution in [1.82, 2.24) is 5.32 Å². The highest BCUT2D eigenvalue weighted by Crippen LogP contribution is 2.26. The quantitative estimate of drug-likeness (QED) is 0.846. The van der Waals surface area contributed by atoms with E-state index in [1.807, 2.05) is 24.3 Å². The molecule has 2 aromatic rings. The predicted octanol–water partition coefficient (Wildman–Crippen LogP) is 2.96. The van der Waals surface area contributed by atoms with Crippen molar-refractivity contribution < 1.29 is 23.4 Å². The van der Waals surface area contributed by atoms with Gasteiger partial charge in [0.05, 0.1) is 14.2 Å². The molecule has 6 heteroatoms. The fraction of sp³-hybridized carbons (Fsp3) is 0.278. The lowest BCUT2D eigenvalue weighted by Crippen LogP contribution is -2.29. The van der Waals surface area contributed by atoms with E-state index in [0.29, 0.717) is 5.75 Å². The first-order valence-corrected chi connectivity index (χ1v) is 7.38. The van der Waals surface area contributed by atoms with Crippen LogP contribution in [0, 0.1) is 5.82 Å². The van der Waals surface area contributed by atoms with Gasteiger partial charge in [-0.3, -0.25) is 4.79 Å². The van der Waals surface area contributed by atoms with Crippen molar-refractivity contribution in [2.75, 3.05) is 27.9 Å². The number of carbonyl (C=O) groups excluding carboxylic acids is 1. The number of para-hydroxylation sites is 1. The Hall–Kier alpha value is -2.60. The Labute approximate surface area is 140 Å². The van der Waals surface area contributed by atoms with Gasteiger partial charge < -0.3 is 19.5 Å². The standard InChI is InChI=1S/C18H20FNO4/c1-22-15-7-5-4-6-13(15)17(24-3)11-20-18(21)12-8-9-16(23-2)14(19)10-12/h4-10,17H,11H2,1-3H3,(H,20,21)/t17-/m1/s1. The summed E-state index contributed by atoms with van der Waals surface area (Å²) >= 11 is 0. The molecule has 24 heavy (non-hydrogen) atoms. The second-order valence-corrected chi connectivity index (χ2v) is 5.03. The molecule has 2 aromatic carbocycles. The highest BCUT2D eigenvalue weighted by Gasteiger charge is 2.17. The number of amides is 1. The van der Waals surface area contributed by atoms with Gasteiger partial charge in [-0.05, 0) is 24.3 Å². The first kappa shape index (κ1) is 17.7. The third-order valence-electron chi connectivity index (χ3n) is 3.63. The molecule has 0 saturated carbocycles. The fourth-order valence-corrected chi connectivity index (χ4v) is 2.35. The molecular weight excluding hydrogens is 313 g/mol. The van der Waals surface area contributed by atoms with E-state index in [4.69, 9.17) is 14.2 Å². The minimum absolute atomic E-state index is 0.0929. The van der Waals surface area contributed by atoms with Crippen molar-refractivity contribution in [2.24, 2.45) is 0 Å². The van der Waals surface area contributed by atoms with Crippen molar-refractivity contribution in [3.8, 4) is 11.5 Å². The molecule has 128 valence electrons. The summed E-state index contributed by atoms with van der Waals surface area (Å²) in [5.74, 6) is -0.212. The molecule has 0 bridgehead atoms. The SMILES string of the molecule is COc1ccc(C(=O)NC[C@@H](OC)c2ccccc2OC)cc1F. The Balaban J connectivity index is 2.07. The lowest BCUT2D eigenvalue weighted by Gasteiger charge is -2.19. The lowest BCUT2D eigenvalue weighted by atomic mass is 10.1. The first-order chi connectivity index (χ1) is 11.6. The molecule has 0 spiro atoms. The molecule has 1 amide bonds. The van der Waals surface area contributed by atoms with E-state index < -0.39 is 11.7 Å². The summed E-state index contributed by atoms with van der Waals surface area (Å²) in [6.45, 7) is 0.226. The largest absolute Gasteiger partial charge is 0.496 e. The summed E-state index contributed by atoms with van der Waals surface area (Å²) < 4.78 is 29.3. The Morgan fingerprint density at radius 3 is 2.42 bits per heavy atom. The van der Waals surface area contributed by atoms with Gasteiger partial charge in [-0.2, -0.15) is 0 Å². The number of hydrogen-bond acceptors (Lipinski definition) is 4. The van der Waals surface area contributed by atoms with Crippen LogP contribution in [0.1, 0.15) is 22.0 Å². The molecule has 0 unspecified atom stereocenters. The minimum atomic E-state index is -0.585. The number of nitrogens with one attached hydrogen (secondary N) is 1. The Morgan fingerprint density at radius 1 is 1.08 bits per heavy atom. The third kappa shape index (κ3) is 4.02. The van der Waals surface area contributed by atoms with Gasteiger partial charge in [0.15, 0.2) is 11.6 Å². The topological polar surface area (TPSA) is 56.8 Å². The Kier molecular flexibility index (Phi) is 6.14. The van der Waals surface area contributed by atoms with Crippen LogP contribution in [0.4, 0.5) is 4.39 Å². The zero-order chi connectivity index (χ0) is 17.5. The number of hydrogen-bond donors (Lipinski definition) is 1. The average Bonchev–Trinajstić information content (AvgIpc) is 2.62. The number of halogens is 1. The normalized spacial score (nSPS) is 11.7. The molecule has 1 N–H and O–H groups in total. The van der Waals surface area contributed by atoms with Crippen molar-refractivity contribution in [3.05, 3.63) is 59.4 Å². The van der Waals surface area contributed by atoms with Crippen LogP contribution in [0.5, 0.6) is 11.5 Å². The van der Waals surface area contributed by atoms with Crippen LogP contribution < -0.4 is 14.8 Å². The van der Waals surface area contributed by atoms with E-state index >= 15 is 0 Å². The van der Waals surface area contributed by atoms with Gasteiger partial charge in [-0.15, -0.1) is 0 Å². The maximum Gasteiger partial charge on any atom is 0.251 e. The number of carbonyl (C=O) groups is 1. The minimum Gasteiger partial charge on any atom is -0.496 e. The van der Waals surface area contributed by atoms with E-state index in [0.717, 1.165) is 11.6 Å². The monoisotopic (exact) mass is 333 g/mol. The fourth-order valence-electron chi connectivity index (χ4n) is 2.35. The van der Waals surface area contributed by atoms with Crippen molar-refractivity contribution in [1.29, 1.82) is 0 Å². The van der Waals surface area contributed by atoms with Gasteiger partial charge in [-0.25, -0.2) is 4.39 Å². The summed E-state index contributed by atoms with van der Waals surface area (Å²) in [6.07, 6.45) is -0.381. The Morgan fingerprint density at radius 2 is 1.79 bits per heavy atom. The van der Waals surface area contributed by atoms with Gasteiger partial charge in [0.1, 0.15) is 11.9 Å². The third-order valence-corrected chi connectivity index (χ3v) is 3.63. The average molecular weight is 333 g/mol. The van der Waals surface area contributed by atoms with Crippen molar-refractivity contribution in [2.45, 2.75) is 6.10 Å². The van der Waals surface area contributed by atoms with Crippen LogP contribution in [0.15, 0.2) is 42.5 Å². The van der Waals surface area contributed by atoms with Crippen LogP contribution in [-0.2, 0) is 4.74 Å². The molecule has 0 aliphatic rings. The summed E-state index contributed by atoms with van der Waals surface area (Å²) in [5, 5.41) is 2.74. The van der Waals surface area contributed by atoms with Crippen LogP contribution >= 0.6 is 0 Å². The summed E-state index contributed by atoms with van der Waals surface area (Å²) in [6, 6.07) is 11.5.